The number of nitrogens with one attached hydrogen (secondary N) is 1. The van der Waals surface area contributed by atoms with E-state index < -0.39 is 10.5 Å². The minimum Gasteiger partial charge on any atom is -0.393 e. The van der Waals surface area contributed by atoms with Gasteiger partial charge in [-0.25, -0.2) is 4.98 Å². The van der Waals surface area contributed by atoms with Gasteiger partial charge in [0.05, 0.1) is 33.9 Å². The van der Waals surface area contributed by atoms with Crippen LogP contribution in [0.4, 0.5) is 0 Å². The molecule has 7 atom stereocenters. The monoisotopic (exact) mass is 440 g/mol. The lowest BCUT2D eigenvalue weighted by Gasteiger charge is -2.57. The first-order chi connectivity index (χ1) is 14.8. The van der Waals surface area contributed by atoms with Crippen molar-refractivity contribution < 1.29 is 10.2 Å². The molecule has 4 aliphatic rings. The molecular weight excluding hydrogens is 408 g/mol. The number of aromatic amines is 1. The van der Waals surface area contributed by atoms with Gasteiger partial charge in [-0.2, -0.15) is 0 Å². The Morgan fingerprint density at radius 3 is 2.87 bits per heavy atom. The molecule has 0 amide bonds. The topological polar surface area (TPSA) is 69.1 Å². The van der Waals surface area contributed by atoms with Gasteiger partial charge >= 0.3 is 0 Å². The summed E-state index contributed by atoms with van der Waals surface area (Å²) in [5.74, 6) is 1.18. The van der Waals surface area contributed by atoms with Gasteiger partial charge < -0.3 is 15.2 Å². The summed E-state index contributed by atoms with van der Waals surface area (Å²) in [6.07, 6.45) is 12.1. The molecule has 0 spiro atoms. The van der Waals surface area contributed by atoms with Gasteiger partial charge in [0.15, 0.2) is 0 Å². The maximum Gasteiger partial charge on any atom is 0.0931 e. The highest BCUT2D eigenvalue weighted by Crippen LogP contribution is 2.67. The number of allylic oxidation sites excluding steroid dienone is 2. The molecule has 1 heterocycles. The predicted octanol–water partition coefficient (Wildman–Crippen LogP) is 5.44. The maximum atomic E-state index is 12.3. The van der Waals surface area contributed by atoms with Crippen molar-refractivity contribution in [2.24, 2.45) is 23.2 Å². The van der Waals surface area contributed by atoms with Crippen molar-refractivity contribution in [1.82, 2.24) is 9.97 Å². The molecule has 1 aromatic carbocycles. The Bertz CT molecular complexity index is 1050. The molecule has 6 unspecified atom stereocenters. The second kappa shape index (κ2) is 6.82. The number of halogens is 1. The van der Waals surface area contributed by atoms with Crippen LogP contribution >= 0.6 is 11.6 Å². The highest BCUT2D eigenvalue weighted by molar-refractivity contribution is 6.25. The van der Waals surface area contributed by atoms with Gasteiger partial charge in [0, 0.05) is 5.92 Å². The number of hydrogen-bond donors (Lipinski definition) is 3. The first-order valence-electron chi connectivity index (χ1n) is 12.1. The first kappa shape index (κ1) is 20.3. The van der Waals surface area contributed by atoms with Crippen LogP contribution in [-0.2, 0) is 0 Å². The van der Waals surface area contributed by atoms with E-state index in [2.05, 4.69) is 41.2 Å². The number of rotatable bonds is 1. The number of benzene rings is 1. The van der Waals surface area contributed by atoms with Crippen LogP contribution in [-0.4, -0.2) is 36.8 Å². The van der Waals surface area contributed by atoms with Crippen LogP contribution in [0.5, 0.6) is 0 Å². The molecule has 1 aromatic heterocycles. The summed E-state index contributed by atoms with van der Waals surface area (Å²) in [6.45, 7) is 2.35. The average Bonchev–Trinajstić information content (AvgIpc) is 3.32. The van der Waals surface area contributed by atoms with E-state index in [1.54, 1.807) is 6.33 Å². The van der Waals surface area contributed by atoms with Gasteiger partial charge in [0.25, 0.3) is 0 Å². The van der Waals surface area contributed by atoms with Crippen molar-refractivity contribution in [3.05, 3.63) is 36.2 Å². The van der Waals surface area contributed by atoms with E-state index in [4.69, 9.17) is 11.6 Å². The van der Waals surface area contributed by atoms with Crippen LogP contribution in [0, 0.1) is 23.2 Å². The third kappa shape index (κ3) is 2.84. The summed E-state index contributed by atoms with van der Waals surface area (Å²) in [7, 11) is 0. The van der Waals surface area contributed by atoms with E-state index in [0.29, 0.717) is 11.8 Å². The van der Waals surface area contributed by atoms with Crippen LogP contribution in [0.1, 0.15) is 70.3 Å². The molecule has 3 N–H and O–H groups in total. The van der Waals surface area contributed by atoms with Crippen LogP contribution < -0.4 is 0 Å². The third-order valence-electron chi connectivity index (χ3n) is 9.66. The zero-order chi connectivity index (χ0) is 21.4. The predicted molar refractivity (Wildman–Crippen MR) is 124 cm³/mol. The summed E-state index contributed by atoms with van der Waals surface area (Å²) in [4.78, 5) is 7.02. The lowest BCUT2D eigenvalue weighted by atomic mass is 9.53. The fourth-order valence-electron chi connectivity index (χ4n) is 7.91. The highest BCUT2D eigenvalue weighted by Gasteiger charge is 2.65. The number of H-pyrrole nitrogens is 1. The van der Waals surface area contributed by atoms with Gasteiger partial charge in [0.1, 0.15) is 0 Å². The van der Waals surface area contributed by atoms with Gasteiger partial charge in [0.2, 0.25) is 0 Å². The molecule has 3 saturated carbocycles. The minimum absolute atomic E-state index is 0.0735. The lowest BCUT2D eigenvalue weighted by molar-refractivity contribution is -0.118. The Morgan fingerprint density at radius 1 is 1.13 bits per heavy atom. The summed E-state index contributed by atoms with van der Waals surface area (Å²) < 4.78 is 0. The molecule has 0 radical (unpaired) electrons. The summed E-state index contributed by atoms with van der Waals surface area (Å²) in [5.41, 5.74) is 3.70. The number of fused-ring (bicyclic) bond motifs is 5. The van der Waals surface area contributed by atoms with Crippen molar-refractivity contribution in [2.75, 3.05) is 0 Å². The number of nitrogens with zero attached hydrogens (tertiary/aromatic N) is 1. The molecule has 166 valence electrons. The molecule has 4 nitrogen and oxygen atoms in total. The molecule has 0 aliphatic heterocycles. The third-order valence-corrected chi connectivity index (χ3v) is 10.3. The molecular formula is C26H33ClN2O2. The Balaban J connectivity index is 1.35. The van der Waals surface area contributed by atoms with Crippen molar-refractivity contribution in [3.63, 3.8) is 0 Å². The van der Waals surface area contributed by atoms with E-state index in [9.17, 15) is 10.2 Å². The van der Waals surface area contributed by atoms with Gasteiger partial charge in [-0.1, -0.05) is 19.1 Å². The zero-order valence-electron chi connectivity index (χ0n) is 18.3. The number of aliphatic hydroxyl groups excluding tert-OH is 1. The number of imidazole rings is 1. The lowest BCUT2D eigenvalue weighted by Crippen LogP contribution is -2.62. The second-order valence-corrected chi connectivity index (χ2v) is 11.8. The Morgan fingerprint density at radius 2 is 2.00 bits per heavy atom. The normalized spacial score (nSPS) is 44.8. The van der Waals surface area contributed by atoms with Gasteiger partial charge in [-0.3, -0.25) is 0 Å². The Hall–Kier alpha value is -1.36. The van der Waals surface area contributed by atoms with E-state index in [1.807, 2.05) is 0 Å². The molecule has 0 saturated heterocycles. The van der Waals surface area contributed by atoms with Crippen molar-refractivity contribution in [1.29, 1.82) is 0 Å². The van der Waals surface area contributed by atoms with Gasteiger partial charge in [-0.15, -0.1) is 11.6 Å². The highest BCUT2D eigenvalue weighted by atomic mass is 35.5. The van der Waals surface area contributed by atoms with E-state index in [-0.39, 0.29) is 17.4 Å². The molecule has 4 aliphatic carbocycles. The quantitative estimate of drug-likeness (QED) is 0.517. The Kier molecular flexibility index (Phi) is 4.46. The molecule has 2 aromatic rings. The summed E-state index contributed by atoms with van der Waals surface area (Å²) in [6, 6.07) is 6.47. The van der Waals surface area contributed by atoms with Crippen LogP contribution in [0.3, 0.4) is 0 Å². The fourth-order valence-corrected chi connectivity index (χ4v) is 8.43. The average molecular weight is 441 g/mol. The number of hydrogen-bond acceptors (Lipinski definition) is 3. The van der Waals surface area contributed by atoms with E-state index in [0.717, 1.165) is 68.8 Å². The largest absolute Gasteiger partial charge is 0.393 e. The molecule has 0 bridgehead atoms. The number of aromatic nitrogens is 2. The summed E-state index contributed by atoms with van der Waals surface area (Å²) in [5, 5.41) is 22.6. The molecule has 5 heteroatoms. The van der Waals surface area contributed by atoms with E-state index >= 15 is 0 Å². The minimum atomic E-state index is -0.861. The number of aliphatic hydroxyl groups is 2. The van der Waals surface area contributed by atoms with Crippen molar-refractivity contribution >= 4 is 28.2 Å². The van der Waals surface area contributed by atoms with Crippen molar-refractivity contribution in [2.45, 2.75) is 81.3 Å². The van der Waals surface area contributed by atoms with E-state index in [1.165, 1.54) is 11.1 Å². The molecule has 6 rings (SSSR count). The second-order valence-electron chi connectivity index (χ2n) is 11.1. The standard InChI is InChI=1S/C26H33ClN2O2/c1-24-10-11-25(27)14-18-12-19(30)4-2-16(18)8-9-26(25,31)23(24)7-5-20(24)17-3-6-21-22(13-17)29-15-28-21/h3,5-6,13,15-16,18-19,23,30-31H,2,4,7-12,14H2,1H3,(H,28,29)/t16?,18?,19?,23?,24?,25?,26-/m0/s1. The SMILES string of the molecule is CC12CCC3(Cl)CC4CC(O)CCC4CC[C@]3(O)C1CC=C2c1ccc2nc[nH]c2c1. The van der Waals surface area contributed by atoms with Crippen LogP contribution in [0.15, 0.2) is 30.6 Å². The first-order valence-corrected chi connectivity index (χ1v) is 12.4. The molecule has 31 heavy (non-hydrogen) atoms. The zero-order valence-corrected chi connectivity index (χ0v) is 19.0. The number of alkyl halides is 1. The smallest absolute Gasteiger partial charge is 0.0931 e. The maximum absolute atomic E-state index is 12.3. The van der Waals surface area contributed by atoms with Gasteiger partial charge in [-0.05, 0) is 98.3 Å². The van der Waals surface area contributed by atoms with Crippen LogP contribution in [0.25, 0.3) is 16.6 Å². The Labute approximate surface area is 189 Å². The molecule has 3 fully saturated rings. The van der Waals surface area contributed by atoms with Crippen molar-refractivity contribution in [3.8, 4) is 0 Å². The summed E-state index contributed by atoms with van der Waals surface area (Å²) >= 11 is 7.41. The van der Waals surface area contributed by atoms with Crippen LogP contribution in [0.2, 0.25) is 0 Å². The fraction of sp³-hybridized carbons (Fsp3) is 0.654.